The lowest BCUT2D eigenvalue weighted by Crippen LogP contribution is -2.30. The van der Waals surface area contributed by atoms with Crippen LogP contribution in [0.3, 0.4) is 0 Å². The number of nitrogens with zero attached hydrogens (tertiary/aromatic N) is 2. The normalized spacial score (nSPS) is 14.2. The summed E-state index contributed by atoms with van der Waals surface area (Å²) in [7, 11) is 0. The van der Waals surface area contributed by atoms with Gasteiger partial charge in [-0.3, -0.25) is 0 Å². The van der Waals surface area contributed by atoms with E-state index in [9.17, 15) is 0 Å². The van der Waals surface area contributed by atoms with Gasteiger partial charge in [0.25, 0.3) is 0 Å². The minimum atomic E-state index is 0.878. The maximum Gasteiger partial charge on any atom is 0.137 e. The van der Waals surface area contributed by atoms with E-state index in [1.165, 1.54) is 0 Å². The predicted octanol–water partition coefficient (Wildman–Crippen LogP) is 3.41. The van der Waals surface area contributed by atoms with Gasteiger partial charge in [0.15, 0.2) is 0 Å². The largest absolute Gasteiger partial charge is 0.456 e. The van der Waals surface area contributed by atoms with Crippen molar-refractivity contribution in [1.29, 1.82) is 0 Å². The van der Waals surface area contributed by atoms with E-state index >= 15 is 0 Å². The van der Waals surface area contributed by atoms with Crippen LogP contribution in [0.1, 0.15) is 0 Å². The molecule has 0 fully saturated rings. The Bertz CT molecular complexity index is 816. The molecule has 0 unspecified atom stereocenters. The molecule has 92 valence electrons. The fraction of sp³-hybridized carbons (Fsp3) is 0. The Kier molecular flexibility index (Phi) is 2.08. The van der Waals surface area contributed by atoms with E-state index < -0.39 is 0 Å². The van der Waals surface area contributed by atoms with Gasteiger partial charge in [0, 0.05) is 11.6 Å². The van der Waals surface area contributed by atoms with Gasteiger partial charge in [-0.05, 0) is 24.3 Å². The Morgan fingerprint density at radius 2 is 1.89 bits per heavy atom. The molecule has 1 aromatic heterocycles. The van der Waals surface area contributed by atoms with Crippen molar-refractivity contribution in [3.63, 3.8) is 0 Å². The monoisotopic (exact) mass is 249 g/mol. The van der Waals surface area contributed by atoms with E-state index in [0.29, 0.717) is 0 Å². The molecular formula is C15H11N3O. The number of allylic oxidation sites excluding steroid dienone is 1. The molecule has 1 aliphatic heterocycles. The zero-order chi connectivity index (χ0) is 12.7. The topological polar surface area (TPSA) is 40.8 Å². The number of hydrogen-bond donors (Lipinski definition) is 1. The molecule has 0 amide bonds. The van der Waals surface area contributed by atoms with E-state index in [4.69, 9.17) is 4.42 Å². The maximum atomic E-state index is 5.87. The van der Waals surface area contributed by atoms with Crippen molar-refractivity contribution in [2.24, 2.45) is 5.10 Å². The highest BCUT2D eigenvalue weighted by molar-refractivity contribution is 6.11. The van der Waals surface area contributed by atoms with Gasteiger partial charge in [-0.2, -0.15) is 5.10 Å². The second-order valence-corrected chi connectivity index (χ2v) is 4.34. The molecular weight excluding hydrogens is 238 g/mol. The Morgan fingerprint density at radius 1 is 1.00 bits per heavy atom. The number of para-hydroxylation sites is 1. The molecule has 4 heteroatoms. The van der Waals surface area contributed by atoms with Crippen LogP contribution in [0, 0.1) is 0 Å². The molecule has 2 aromatic carbocycles. The summed E-state index contributed by atoms with van der Waals surface area (Å²) in [6.45, 7) is 0. The number of hydrazine groups is 1. The molecule has 0 saturated heterocycles. The number of hydrazone groups is 1. The van der Waals surface area contributed by atoms with Gasteiger partial charge in [0.2, 0.25) is 0 Å². The number of hydrogen-bond acceptors (Lipinski definition) is 4. The fourth-order valence-corrected chi connectivity index (χ4v) is 2.39. The van der Waals surface area contributed by atoms with Crippen molar-refractivity contribution in [2.45, 2.75) is 0 Å². The van der Waals surface area contributed by atoms with Crippen LogP contribution < -0.4 is 10.5 Å². The number of nitrogens with one attached hydrogen (secondary N) is 1. The van der Waals surface area contributed by atoms with Crippen molar-refractivity contribution in [3.05, 3.63) is 54.7 Å². The summed E-state index contributed by atoms with van der Waals surface area (Å²) in [6.07, 6.45) is 5.53. The van der Waals surface area contributed by atoms with Gasteiger partial charge in [0.05, 0.1) is 17.3 Å². The first-order valence-electron chi connectivity index (χ1n) is 6.08. The molecule has 0 spiro atoms. The first-order valence-corrected chi connectivity index (χ1v) is 6.08. The van der Waals surface area contributed by atoms with E-state index in [-0.39, 0.29) is 0 Å². The van der Waals surface area contributed by atoms with Crippen LogP contribution in [0.25, 0.3) is 21.9 Å². The minimum absolute atomic E-state index is 0.878. The molecule has 4 rings (SSSR count). The van der Waals surface area contributed by atoms with Crippen LogP contribution in [0.4, 0.5) is 5.69 Å². The Hall–Kier alpha value is -2.75. The van der Waals surface area contributed by atoms with Crippen LogP contribution in [-0.4, -0.2) is 6.21 Å². The third-order valence-corrected chi connectivity index (χ3v) is 3.20. The molecule has 0 saturated carbocycles. The molecule has 2 heterocycles. The van der Waals surface area contributed by atoms with Gasteiger partial charge in [-0.1, -0.05) is 24.3 Å². The molecule has 0 atom stereocenters. The van der Waals surface area contributed by atoms with Gasteiger partial charge in [-0.15, -0.1) is 0 Å². The Balaban J connectivity index is 2.04. The highest BCUT2D eigenvalue weighted by Crippen LogP contribution is 2.35. The van der Waals surface area contributed by atoms with E-state index in [0.717, 1.165) is 27.6 Å². The second kappa shape index (κ2) is 3.88. The first kappa shape index (κ1) is 10.2. The Labute approximate surface area is 109 Å². The van der Waals surface area contributed by atoms with Crippen molar-refractivity contribution >= 4 is 33.8 Å². The summed E-state index contributed by atoms with van der Waals surface area (Å²) in [5, 5.41) is 8.12. The van der Waals surface area contributed by atoms with Crippen molar-refractivity contribution in [2.75, 3.05) is 5.01 Å². The summed E-state index contributed by atoms with van der Waals surface area (Å²) in [6, 6.07) is 14.1. The number of fused-ring (bicyclic) bond motifs is 3. The summed E-state index contributed by atoms with van der Waals surface area (Å²) < 4.78 is 5.87. The Morgan fingerprint density at radius 3 is 2.79 bits per heavy atom. The molecule has 19 heavy (non-hydrogen) atoms. The van der Waals surface area contributed by atoms with Crippen LogP contribution in [0.15, 0.2) is 64.3 Å². The minimum Gasteiger partial charge on any atom is -0.456 e. The average molecular weight is 249 g/mol. The molecule has 3 aromatic rings. The van der Waals surface area contributed by atoms with E-state index in [1.807, 2.05) is 53.7 Å². The molecule has 0 aliphatic carbocycles. The second-order valence-electron chi connectivity index (χ2n) is 4.34. The standard InChI is InChI=1S/C15H11N3O/c1-2-7-13-11(5-1)15-12(6-3-8-14(15)19-13)18-10-4-9-16-17-18/h1-10,17H. The van der Waals surface area contributed by atoms with Crippen molar-refractivity contribution in [3.8, 4) is 0 Å². The maximum absolute atomic E-state index is 5.87. The van der Waals surface area contributed by atoms with Gasteiger partial charge in [0.1, 0.15) is 11.2 Å². The smallest absolute Gasteiger partial charge is 0.137 e. The number of benzene rings is 2. The molecule has 1 aliphatic rings. The van der Waals surface area contributed by atoms with E-state index in [2.05, 4.69) is 16.7 Å². The van der Waals surface area contributed by atoms with Gasteiger partial charge >= 0.3 is 0 Å². The number of anilines is 1. The highest BCUT2D eigenvalue weighted by Gasteiger charge is 2.14. The van der Waals surface area contributed by atoms with Crippen molar-refractivity contribution < 1.29 is 4.42 Å². The summed E-state index contributed by atoms with van der Waals surface area (Å²) in [4.78, 5) is 0. The lowest BCUT2D eigenvalue weighted by Gasteiger charge is -2.21. The third-order valence-electron chi connectivity index (χ3n) is 3.20. The zero-order valence-electron chi connectivity index (χ0n) is 10.1. The molecule has 0 bridgehead atoms. The number of furan rings is 1. The quantitative estimate of drug-likeness (QED) is 0.718. The predicted molar refractivity (Wildman–Crippen MR) is 77.0 cm³/mol. The van der Waals surface area contributed by atoms with E-state index in [1.54, 1.807) is 6.21 Å². The lowest BCUT2D eigenvalue weighted by molar-refractivity contribution is 0.668. The van der Waals surface area contributed by atoms with Crippen LogP contribution in [0.5, 0.6) is 0 Å². The van der Waals surface area contributed by atoms with Gasteiger partial charge < -0.3 is 4.42 Å². The SMILES string of the molecule is C1=CN(c2cccc3oc4ccccc4c23)NN=C1. The fourth-order valence-electron chi connectivity index (χ4n) is 2.39. The third kappa shape index (κ3) is 1.50. The first-order chi connectivity index (χ1) is 9.43. The average Bonchev–Trinajstić information content (AvgIpc) is 2.86. The summed E-state index contributed by atoms with van der Waals surface area (Å²) in [5.74, 6) is 0. The molecule has 4 nitrogen and oxygen atoms in total. The van der Waals surface area contributed by atoms with Crippen LogP contribution in [-0.2, 0) is 0 Å². The molecule has 0 radical (unpaired) electrons. The lowest BCUT2D eigenvalue weighted by atomic mass is 10.1. The molecule has 1 N–H and O–H groups in total. The number of rotatable bonds is 1. The summed E-state index contributed by atoms with van der Waals surface area (Å²) >= 11 is 0. The van der Waals surface area contributed by atoms with Crippen LogP contribution >= 0.6 is 0 Å². The zero-order valence-corrected chi connectivity index (χ0v) is 10.1. The van der Waals surface area contributed by atoms with Crippen molar-refractivity contribution in [1.82, 2.24) is 5.53 Å². The van der Waals surface area contributed by atoms with Gasteiger partial charge in [-0.25, -0.2) is 10.5 Å². The summed E-state index contributed by atoms with van der Waals surface area (Å²) in [5.41, 5.74) is 5.76. The van der Waals surface area contributed by atoms with Crippen LogP contribution in [0.2, 0.25) is 0 Å². The highest BCUT2D eigenvalue weighted by atomic mass is 16.3.